The number of methoxy groups -OCH3 is 3. The lowest BCUT2D eigenvalue weighted by atomic mass is 9.91. The first-order valence-corrected chi connectivity index (χ1v) is 10.9. The molecule has 0 aliphatic carbocycles. The fourth-order valence-corrected chi connectivity index (χ4v) is 4.20. The second kappa shape index (κ2) is 9.45. The topological polar surface area (TPSA) is 141 Å². The van der Waals surface area contributed by atoms with E-state index in [9.17, 15) is 32.3 Å². The van der Waals surface area contributed by atoms with Gasteiger partial charge in [-0.3, -0.25) is 19.4 Å². The number of halogens is 4. The highest BCUT2D eigenvalue weighted by Crippen LogP contribution is 2.46. The number of hydrogen-bond donors (Lipinski definition) is 3. The fourth-order valence-electron chi connectivity index (χ4n) is 4.07. The largest absolute Gasteiger partial charge is 0.493 e. The molecule has 15 heteroatoms. The average Bonchev–Trinajstić information content (AvgIpc) is 3.16. The quantitative estimate of drug-likeness (QED) is 0.425. The summed E-state index contributed by atoms with van der Waals surface area (Å²) >= 11 is 5.85. The van der Waals surface area contributed by atoms with Crippen LogP contribution in [0.3, 0.4) is 0 Å². The first kappa shape index (κ1) is 26.6. The number of carbonyl (C=O) groups is 2. The van der Waals surface area contributed by atoms with Gasteiger partial charge in [0.1, 0.15) is 11.4 Å². The van der Waals surface area contributed by atoms with Crippen LogP contribution in [0.4, 0.5) is 19.0 Å². The Hall–Kier alpha value is -4.46. The van der Waals surface area contributed by atoms with Crippen molar-refractivity contribution >= 4 is 29.2 Å². The Labute approximate surface area is 216 Å². The molecule has 0 radical (unpaired) electrons. The molecule has 1 aliphatic rings. The summed E-state index contributed by atoms with van der Waals surface area (Å²) in [5.41, 5.74) is -8.19. The number of rotatable bonds is 6. The van der Waals surface area contributed by atoms with Gasteiger partial charge in [-0.05, 0) is 36.4 Å². The molecule has 1 aromatic heterocycles. The Morgan fingerprint density at radius 3 is 2.08 bits per heavy atom. The van der Waals surface area contributed by atoms with E-state index in [4.69, 9.17) is 25.8 Å². The normalized spacial score (nSPS) is 16.4. The van der Waals surface area contributed by atoms with Crippen LogP contribution in [0.5, 0.6) is 17.2 Å². The Morgan fingerprint density at radius 1 is 1.00 bits per heavy atom. The second-order valence-electron chi connectivity index (χ2n) is 7.86. The molecule has 0 spiro atoms. The Bertz CT molecular complexity index is 1540. The van der Waals surface area contributed by atoms with Gasteiger partial charge in [-0.15, -0.1) is 0 Å². The van der Waals surface area contributed by atoms with Crippen LogP contribution in [-0.2, 0) is 10.3 Å². The molecule has 3 N–H and O–H groups in total. The van der Waals surface area contributed by atoms with E-state index in [0.717, 1.165) is 12.1 Å². The van der Waals surface area contributed by atoms with Crippen LogP contribution in [0.25, 0.3) is 5.69 Å². The summed E-state index contributed by atoms with van der Waals surface area (Å²) < 4.78 is 60.1. The SMILES string of the molecule is COc1cc(C(=O)N[C@]2(C(F)(F)F)C(=O)Nc3c2c(=O)[nH]c(=O)n3-c2ccc(Cl)cc2)cc(OC)c1OC. The van der Waals surface area contributed by atoms with Crippen molar-refractivity contribution in [1.82, 2.24) is 14.9 Å². The zero-order chi connectivity index (χ0) is 28.0. The maximum absolute atomic E-state index is 14.7. The minimum atomic E-state index is -5.53. The van der Waals surface area contributed by atoms with E-state index >= 15 is 0 Å². The molecule has 0 unspecified atom stereocenters. The first-order chi connectivity index (χ1) is 17.9. The lowest BCUT2D eigenvalue weighted by Crippen LogP contribution is -2.62. The van der Waals surface area contributed by atoms with E-state index in [-0.39, 0.29) is 28.0 Å². The maximum atomic E-state index is 14.7. The number of alkyl halides is 3. The van der Waals surface area contributed by atoms with Gasteiger partial charge in [-0.25, -0.2) is 9.36 Å². The van der Waals surface area contributed by atoms with Crippen molar-refractivity contribution in [2.45, 2.75) is 11.7 Å². The number of anilines is 1. The number of ether oxygens (including phenoxy) is 3. The van der Waals surface area contributed by atoms with Crippen molar-refractivity contribution in [3.05, 3.63) is 73.4 Å². The van der Waals surface area contributed by atoms with Gasteiger partial charge in [0, 0.05) is 10.6 Å². The molecule has 38 heavy (non-hydrogen) atoms. The summed E-state index contributed by atoms with van der Waals surface area (Å²) in [5, 5.41) is 3.86. The summed E-state index contributed by atoms with van der Waals surface area (Å²) in [4.78, 5) is 53.4. The summed E-state index contributed by atoms with van der Waals surface area (Å²) in [6, 6.07) is 7.40. The van der Waals surface area contributed by atoms with E-state index < -0.39 is 51.7 Å². The molecule has 0 saturated heterocycles. The minimum absolute atomic E-state index is 0.0128. The van der Waals surface area contributed by atoms with Gasteiger partial charge in [0.25, 0.3) is 22.9 Å². The third-order valence-electron chi connectivity index (χ3n) is 5.80. The van der Waals surface area contributed by atoms with Crippen LogP contribution in [0.1, 0.15) is 15.9 Å². The summed E-state index contributed by atoms with van der Waals surface area (Å²) in [5.74, 6) is -4.03. The molecular weight excluding hydrogens is 537 g/mol. The van der Waals surface area contributed by atoms with E-state index in [1.165, 1.54) is 45.6 Å². The van der Waals surface area contributed by atoms with Crippen molar-refractivity contribution in [3.63, 3.8) is 0 Å². The van der Waals surface area contributed by atoms with Crippen LogP contribution in [0, 0.1) is 0 Å². The number of nitrogens with one attached hydrogen (secondary N) is 3. The van der Waals surface area contributed by atoms with Crippen molar-refractivity contribution in [2.24, 2.45) is 0 Å². The molecule has 11 nitrogen and oxygen atoms in total. The van der Waals surface area contributed by atoms with Crippen molar-refractivity contribution in [1.29, 1.82) is 0 Å². The molecule has 1 aliphatic heterocycles. The summed E-state index contributed by atoms with van der Waals surface area (Å²) in [6.07, 6.45) is -5.53. The number of aromatic nitrogens is 2. The third-order valence-corrected chi connectivity index (χ3v) is 6.05. The number of benzene rings is 2. The van der Waals surface area contributed by atoms with Gasteiger partial charge < -0.3 is 24.8 Å². The van der Waals surface area contributed by atoms with Crippen LogP contribution in [0.2, 0.25) is 5.02 Å². The van der Waals surface area contributed by atoms with E-state index in [2.05, 4.69) is 0 Å². The number of H-pyrrole nitrogens is 1. The van der Waals surface area contributed by atoms with Crippen molar-refractivity contribution < 1.29 is 37.0 Å². The standard InChI is InChI=1S/C23H18ClF3N4O7/c1-36-13-8-10(9-14(37-2)16(13)38-3)18(32)30-22(23(25,26)27)15-17(28-20(22)34)31(21(35)29-19(15)33)12-6-4-11(24)5-7-12/h4-9H,1-3H3,(H,28,34)(H,30,32)(H,29,33,35)/t22-/m0/s1. The smallest absolute Gasteiger partial charge is 0.425 e. The molecule has 0 saturated carbocycles. The maximum Gasteiger partial charge on any atom is 0.425 e. The highest BCUT2D eigenvalue weighted by Gasteiger charge is 2.68. The van der Waals surface area contributed by atoms with Gasteiger partial charge in [0.2, 0.25) is 5.75 Å². The van der Waals surface area contributed by atoms with Gasteiger partial charge in [-0.1, -0.05) is 11.6 Å². The Kier molecular flexibility index (Phi) is 6.61. The zero-order valence-corrected chi connectivity index (χ0v) is 20.5. The molecule has 1 atom stereocenters. The number of amides is 2. The van der Waals surface area contributed by atoms with Crippen LogP contribution in [0.15, 0.2) is 46.0 Å². The lowest BCUT2D eigenvalue weighted by Gasteiger charge is -2.30. The number of carbonyl (C=O) groups excluding carboxylic acids is 2. The van der Waals surface area contributed by atoms with E-state index in [1.807, 2.05) is 5.32 Å². The summed E-state index contributed by atoms with van der Waals surface area (Å²) in [6.45, 7) is 0. The van der Waals surface area contributed by atoms with Crippen LogP contribution in [-0.4, -0.2) is 48.9 Å². The number of fused-ring (bicyclic) bond motifs is 1. The van der Waals surface area contributed by atoms with Gasteiger partial charge in [-0.2, -0.15) is 13.2 Å². The first-order valence-electron chi connectivity index (χ1n) is 10.6. The fraction of sp³-hybridized carbons (Fsp3) is 0.217. The molecular formula is C23H18ClF3N4O7. The molecule has 2 heterocycles. The predicted octanol–water partition coefficient (Wildman–Crippen LogP) is 2.34. The van der Waals surface area contributed by atoms with Crippen molar-refractivity contribution in [3.8, 4) is 22.9 Å². The molecule has 0 bridgehead atoms. The Balaban J connectivity index is 1.94. The van der Waals surface area contributed by atoms with E-state index in [0.29, 0.717) is 4.57 Å². The molecule has 3 aromatic rings. The highest BCUT2D eigenvalue weighted by molar-refractivity contribution is 6.30. The zero-order valence-electron chi connectivity index (χ0n) is 19.8. The predicted molar refractivity (Wildman–Crippen MR) is 128 cm³/mol. The molecule has 4 rings (SSSR count). The molecule has 2 amide bonds. The van der Waals surface area contributed by atoms with Gasteiger partial charge in [0.15, 0.2) is 11.5 Å². The summed E-state index contributed by atoms with van der Waals surface area (Å²) in [7, 11) is 3.74. The van der Waals surface area contributed by atoms with Crippen molar-refractivity contribution in [2.75, 3.05) is 26.6 Å². The van der Waals surface area contributed by atoms with Gasteiger partial charge in [0.05, 0.1) is 27.0 Å². The van der Waals surface area contributed by atoms with Crippen LogP contribution < -0.4 is 36.1 Å². The highest BCUT2D eigenvalue weighted by atomic mass is 35.5. The minimum Gasteiger partial charge on any atom is -0.493 e. The monoisotopic (exact) mass is 554 g/mol. The Morgan fingerprint density at radius 2 is 1.58 bits per heavy atom. The number of aromatic amines is 1. The van der Waals surface area contributed by atoms with Crippen LogP contribution >= 0.6 is 11.6 Å². The van der Waals surface area contributed by atoms with Gasteiger partial charge >= 0.3 is 11.9 Å². The van der Waals surface area contributed by atoms with E-state index in [1.54, 1.807) is 10.3 Å². The lowest BCUT2D eigenvalue weighted by molar-refractivity contribution is -0.196. The second-order valence-corrected chi connectivity index (χ2v) is 8.30. The number of nitrogens with zero attached hydrogens (tertiary/aromatic N) is 1. The average molecular weight is 555 g/mol. The third kappa shape index (κ3) is 4.02. The number of hydrogen-bond acceptors (Lipinski definition) is 7. The molecule has 2 aromatic carbocycles. The molecule has 200 valence electrons. The molecule has 0 fully saturated rings.